The van der Waals surface area contributed by atoms with E-state index in [-0.39, 0.29) is 5.91 Å². The van der Waals surface area contributed by atoms with Crippen molar-refractivity contribution < 1.29 is 4.79 Å². The van der Waals surface area contributed by atoms with Gasteiger partial charge in [0.05, 0.1) is 17.6 Å². The highest BCUT2D eigenvalue weighted by Crippen LogP contribution is 2.19. The van der Waals surface area contributed by atoms with Gasteiger partial charge in [0.25, 0.3) is 5.91 Å². The first-order valence-electron chi connectivity index (χ1n) is 6.58. The van der Waals surface area contributed by atoms with E-state index in [9.17, 15) is 4.79 Å². The molecule has 0 aliphatic heterocycles. The first-order chi connectivity index (χ1) is 10.6. The molecule has 0 bridgehead atoms. The zero-order valence-electron chi connectivity index (χ0n) is 12.0. The standard InChI is InChI=1S/C15H13ClN4OS/c1-9-8-22-15-18-10(2)13(20(9)15)7-17-19-14(21)11-4-3-5-12(16)6-11/h3-8H,1-2H3,(H,19,21)/b17-7-. The van der Waals surface area contributed by atoms with Crippen LogP contribution < -0.4 is 5.43 Å². The number of hydrogen-bond acceptors (Lipinski definition) is 4. The van der Waals surface area contributed by atoms with Gasteiger partial charge in [0.2, 0.25) is 0 Å². The molecule has 0 aliphatic carbocycles. The second kappa shape index (κ2) is 5.90. The number of carbonyl (C=O) groups is 1. The van der Waals surface area contributed by atoms with Crippen LogP contribution in [0.2, 0.25) is 5.02 Å². The number of aromatic nitrogens is 2. The number of nitrogens with one attached hydrogen (secondary N) is 1. The first kappa shape index (κ1) is 14.7. The quantitative estimate of drug-likeness (QED) is 0.590. The molecule has 2 aromatic heterocycles. The van der Waals surface area contributed by atoms with Gasteiger partial charge in [-0.05, 0) is 32.0 Å². The average Bonchev–Trinajstić information content (AvgIpc) is 2.99. The van der Waals surface area contributed by atoms with Crippen LogP contribution in [0.3, 0.4) is 0 Å². The minimum absolute atomic E-state index is 0.306. The number of amides is 1. The molecular formula is C15H13ClN4OS. The van der Waals surface area contributed by atoms with Crippen LogP contribution in [0, 0.1) is 13.8 Å². The van der Waals surface area contributed by atoms with Gasteiger partial charge in [-0.2, -0.15) is 5.10 Å². The highest BCUT2D eigenvalue weighted by Gasteiger charge is 2.10. The Hall–Kier alpha value is -2.18. The fourth-order valence-corrected chi connectivity index (χ4v) is 3.23. The van der Waals surface area contributed by atoms with Gasteiger partial charge < -0.3 is 0 Å². The summed E-state index contributed by atoms with van der Waals surface area (Å²) in [4.78, 5) is 17.4. The van der Waals surface area contributed by atoms with Crippen molar-refractivity contribution in [3.05, 3.63) is 57.3 Å². The molecular weight excluding hydrogens is 320 g/mol. The SMILES string of the molecule is Cc1nc2scc(C)n2c1/C=N\NC(=O)c1cccc(Cl)c1. The van der Waals surface area contributed by atoms with Gasteiger partial charge in [-0.25, -0.2) is 10.4 Å². The first-order valence-corrected chi connectivity index (χ1v) is 7.84. The molecule has 3 rings (SSSR count). The van der Waals surface area contributed by atoms with E-state index >= 15 is 0 Å². The number of imidazole rings is 1. The summed E-state index contributed by atoms with van der Waals surface area (Å²) in [6, 6.07) is 6.72. The highest BCUT2D eigenvalue weighted by atomic mass is 35.5. The van der Waals surface area contributed by atoms with E-state index in [4.69, 9.17) is 11.6 Å². The summed E-state index contributed by atoms with van der Waals surface area (Å²) in [5.41, 5.74) is 5.79. The van der Waals surface area contributed by atoms with Gasteiger partial charge in [0.1, 0.15) is 0 Å². The molecule has 1 aromatic carbocycles. The molecule has 7 heteroatoms. The van der Waals surface area contributed by atoms with Gasteiger partial charge in [-0.1, -0.05) is 17.7 Å². The number of halogens is 1. The van der Waals surface area contributed by atoms with Crippen molar-refractivity contribution in [2.45, 2.75) is 13.8 Å². The smallest absolute Gasteiger partial charge is 0.271 e. The molecule has 0 aliphatic rings. The Morgan fingerprint density at radius 2 is 2.27 bits per heavy atom. The lowest BCUT2D eigenvalue weighted by molar-refractivity contribution is 0.0955. The number of aryl methyl sites for hydroxylation is 2. The van der Waals surface area contributed by atoms with E-state index in [1.165, 1.54) is 0 Å². The van der Waals surface area contributed by atoms with Crippen molar-refractivity contribution in [2.24, 2.45) is 5.10 Å². The van der Waals surface area contributed by atoms with E-state index in [0.717, 1.165) is 22.0 Å². The maximum absolute atomic E-state index is 12.0. The summed E-state index contributed by atoms with van der Waals surface area (Å²) in [6.07, 6.45) is 1.61. The molecule has 3 aromatic rings. The van der Waals surface area contributed by atoms with Crippen LogP contribution >= 0.6 is 22.9 Å². The maximum Gasteiger partial charge on any atom is 0.271 e. The minimum atomic E-state index is -0.306. The van der Waals surface area contributed by atoms with E-state index in [0.29, 0.717) is 10.6 Å². The van der Waals surface area contributed by atoms with E-state index < -0.39 is 0 Å². The fourth-order valence-electron chi connectivity index (χ4n) is 2.12. The summed E-state index contributed by atoms with van der Waals surface area (Å²) in [5.74, 6) is -0.306. The summed E-state index contributed by atoms with van der Waals surface area (Å²) in [7, 11) is 0. The second-order valence-corrected chi connectivity index (χ2v) is 6.06. The average molecular weight is 333 g/mol. The molecule has 5 nitrogen and oxygen atoms in total. The molecule has 2 heterocycles. The zero-order chi connectivity index (χ0) is 15.7. The van der Waals surface area contributed by atoms with Crippen molar-refractivity contribution in [1.29, 1.82) is 0 Å². The Kier molecular flexibility index (Phi) is 3.96. The van der Waals surface area contributed by atoms with Crippen molar-refractivity contribution in [3.63, 3.8) is 0 Å². The lowest BCUT2D eigenvalue weighted by atomic mass is 10.2. The number of rotatable bonds is 3. The number of thiazole rings is 1. The molecule has 0 saturated carbocycles. The number of carbonyl (C=O) groups excluding carboxylic acids is 1. The van der Waals surface area contributed by atoms with Crippen LogP contribution in [0.4, 0.5) is 0 Å². The Morgan fingerprint density at radius 3 is 3.05 bits per heavy atom. The largest absolute Gasteiger partial charge is 0.286 e. The Bertz CT molecular complexity index is 881. The predicted molar refractivity (Wildman–Crippen MR) is 89.1 cm³/mol. The predicted octanol–water partition coefficient (Wildman–Crippen LogP) is 3.43. The third-order valence-corrected chi connectivity index (χ3v) is 4.37. The molecule has 0 atom stereocenters. The Labute approximate surface area is 136 Å². The van der Waals surface area contributed by atoms with Crippen LogP contribution in [-0.4, -0.2) is 21.5 Å². The number of hydrazone groups is 1. The van der Waals surface area contributed by atoms with Crippen LogP contribution in [0.15, 0.2) is 34.7 Å². The highest BCUT2D eigenvalue weighted by molar-refractivity contribution is 7.15. The molecule has 0 radical (unpaired) electrons. The second-order valence-electron chi connectivity index (χ2n) is 4.79. The molecule has 0 saturated heterocycles. The van der Waals surface area contributed by atoms with Gasteiger partial charge in [-0.15, -0.1) is 11.3 Å². The monoisotopic (exact) mass is 332 g/mol. The molecule has 22 heavy (non-hydrogen) atoms. The van der Waals surface area contributed by atoms with Gasteiger partial charge in [0, 0.05) is 21.7 Å². The van der Waals surface area contributed by atoms with E-state index in [1.54, 1.807) is 41.8 Å². The lowest BCUT2D eigenvalue weighted by Gasteiger charge is -2.00. The van der Waals surface area contributed by atoms with Crippen molar-refractivity contribution in [2.75, 3.05) is 0 Å². The lowest BCUT2D eigenvalue weighted by Crippen LogP contribution is -2.17. The molecule has 1 N–H and O–H groups in total. The van der Waals surface area contributed by atoms with Gasteiger partial charge >= 0.3 is 0 Å². The molecule has 1 amide bonds. The number of hydrogen-bond donors (Lipinski definition) is 1. The van der Waals surface area contributed by atoms with Crippen molar-refractivity contribution >= 4 is 40.0 Å². The summed E-state index contributed by atoms with van der Waals surface area (Å²) in [6.45, 7) is 3.92. The molecule has 0 spiro atoms. The molecule has 112 valence electrons. The van der Waals surface area contributed by atoms with Gasteiger partial charge in [-0.3, -0.25) is 9.20 Å². The van der Waals surface area contributed by atoms with Crippen LogP contribution in [0.25, 0.3) is 4.96 Å². The molecule has 0 unspecified atom stereocenters. The van der Waals surface area contributed by atoms with Crippen molar-refractivity contribution in [1.82, 2.24) is 14.8 Å². The van der Waals surface area contributed by atoms with Gasteiger partial charge in [0.15, 0.2) is 4.96 Å². The van der Waals surface area contributed by atoms with E-state index in [1.807, 2.05) is 23.6 Å². The Morgan fingerprint density at radius 1 is 1.45 bits per heavy atom. The van der Waals surface area contributed by atoms with E-state index in [2.05, 4.69) is 15.5 Å². The summed E-state index contributed by atoms with van der Waals surface area (Å²) >= 11 is 7.44. The number of nitrogens with zero attached hydrogens (tertiary/aromatic N) is 3. The Balaban J connectivity index is 1.80. The van der Waals surface area contributed by atoms with Crippen LogP contribution in [0.5, 0.6) is 0 Å². The summed E-state index contributed by atoms with van der Waals surface area (Å²) in [5, 5.41) is 6.57. The maximum atomic E-state index is 12.0. The van der Waals surface area contributed by atoms with Crippen LogP contribution in [0.1, 0.15) is 27.4 Å². The molecule has 0 fully saturated rings. The fraction of sp³-hybridized carbons (Fsp3) is 0.133. The third-order valence-electron chi connectivity index (χ3n) is 3.19. The number of fused-ring (bicyclic) bond motifs is 1. The number of benzene rings is 1. The third kappa shape index (κ3) is 2.75. The van der Waals surface area contributed by atoms with Crippen molar-refractivity contribution in [3.8, 4) is 0 Å². The minimum Gasteiger partial charge on any atom is -0.286 e. The zero-order valence-corrected chi connectivity index (χ0v) is 13.6. The van der Waals surface area contributed by atoms with Crippen LogP contribution in [-0.2, 0) is 0 Å². The topological polar surface area (TPSA) is 58.8 Å². The summed E-state index contributed by atoms with van der Waals surface area (Å²) < 4.78 is 2.01. The normalized spacial score (nSPS) is 11.4.